The molecule has 21 heavy (non-hydrogen) atoms. The van der Waals surface area contributed by atoms with Crippen LogP contribution in [0.15, 0.2) is 18.2 Å². The summed E-state index contributed by atoms with van der Waals surface area (Å²) in [6, 6.07) is 4.54. The van der Waals surface area contributed by atoms with Gasteiger partial charge in [-0.1, -0.05) is 0 Å². The molecule has 0 saturated heterocycles. The number of carbonyl (C=O) groups is 1. The molecule has 0 bridgehead atoms. The third-order valence-corrected chi connectivity index (χ3v) is 4.11. The number of hydrogen-bond acceptors (Lipinski definition) is 5. The summed E-state index contributed by atoms with van der Waals surface area (Å²) in [6.45, 7) is 3.75. The average Bonchev–Trinajstić information content (AvgIpc) is 3.30. The van der Waals surface area contributed by atoms with Gasteiger partial charge < -0.3 is 14.9 Å². The van der Waals surface area contributed by atoms with Crippen molar-refractivity contribution in [1.82, 2.24) is 4.90 Å². The van der Waals surface area contributed by atoms with E-state index in [-0.39, 0.29) is 17.3 Å². The van der Waals surface area contributed by atoms with E-state index in [1.807, 2.05) is 0 Å². The molecule has 0 heterocycles. The van der Waals surface area contributed by atoms with Crippen LogP contribution < -0.4 is 0 Å². The molecule has 1 unspecified atom stereocenters. The fourth-order valence-electron chi connectivity index (χ4n) is 2.48. The SMILES string of the molecule is COCCN(CC(=O)c1ccc(O)c(O)c1)C(C)C1CC1. The topological polar surface area (TPSA) is 70.0 Å². The highest BCUT2D eigenvalue weighted by Crippen LogP contribution is 2.35. The molecule has 1 aliphatic rings. The number of methoxy groups -OCH3 is 1. The molecule has 1 aliphatic carbocycles. The van der Waals surface area contributed by atoms with Crippen LogP contribution in [0.3, 0.4) is 0 Å². The van der Waals surface area contributed by atoms with Crippen LogP contribution in [-0.4, -0.2) is 53.7 Å². The first kappa shape index (κ1) is 15.8. The summed E-state index contributed by atoms with van der Waals surface area (Å²) in [5, 5.41) is 18.8. The molecule has 2 rings (SSSR count). The van der Waals surface area contributed by atoms with E-state index in [4.69, 9.17) is 4.74 Å². The lowest BCUT2D eigenvalue weighted by Gasteiger charge is -2.28. The summed E-state index contributed by atoms with van der Waals surface area (Å²) in [7, 11) is 1.65. The van der Waals surface area contributed by atoms with Gasteiger partial charge in [0, 0.05) is 25.3 Å². The molecular weight excluding hydrogens is 270 g/mol. The molecule has 1 fully saturated rings. The second kappa shape index (κ2) is 6.91. The third-order valence-electron chi connectivity index (χ3n) is 4.11. The highest BCUT2D eigenvalue weighted by atomic mass is 16.5. The van der Waals surface area contributed by atoms with Crippen molar-refractivity contribution in [2.24, 2.45) is 5.92 Å². The third kappa shape index (κ3) is 4.19. The Balaban J connectivity index is 2.03. The Hall–Kier alpha value is -1.59. The molecule has 2 N–H and O–H groups in total. The van der Waals surface area contributed by atoms with Gasteiger partial charge in [-0.2, -0.15) is 0 Å². The van der Waals surface area contributed by atoms with Crippen LogP contribution >= 0.6 is 0 Å². The van der Waals surface area contributed by atoms with Crippen molar-refractivity contribution in [1.29, 1.82) is 0 Å². The number of Topliss-reactive ketones (excluding diaryl/α,β-unsaturated/α-hetero) is 1. The van der Waals surface area contributed by atoms with Gasteiger partial charge in [0.2, 0.25) is 0 Å². The predicted octanol–water partition coefficient (Wildman–Crippen LogP) is 2.03. The van der Waals surface area contributed by atoms with Crippen LogP contribution in [0.2, 0.25) is 0 Å². The van der Waals surface area contributed by atoms with Gasteiger partial charge in [-0.15, -0.1) is 0 Å². The number of rotatable bonds is 8. The lowest BCUT2D eigenvalue weighted by molar-refractivity contribution is 0.0816. The van der Waals surface area contributed by atoms with E-state index >= 15 is 0 Å². The maximum absolute atomic E-state index is 12.4. The zero-order chi connectivity index (χ0) is 15.4. The summed E-state index contributed by atoms with van der Waals surface area (Å²) in [6.07, 6.45) is 2.44. The maximum Gasteiger partial charge on any atom is 0.176 e. The second-order valence-corrected chi connectivity index (χ2v) is 5.67. The number of phenols is 2. The largest absolute Gasteiger partial charge is 0.504 e. The van der Waals surface area contributed by atoms with E-state index in [9.17, 15) is 15.0 Å². The van der Waals surface area contributed by atoms with Gasteiger partial charge in [-0.25, -0.2) is 0 Å². The molecule has 5 nitrogen and oxygen atoms in total. The summed E-state index contributed by atoms with van der Waals surface area (Å²) < 4.78 is 5.12. The lowest BCUT2D eigenvalue weighted by atomic mass is 10.1. The minimum absolute atomic E-state index is 0.0612. The quantitative estimate of drug-likeness (QED) is 0.567. The molecule has 0 aromatic heterocycles. The predicted molar refractivity (Wildman–Crippen MR) is 79.7 cm³/mol. The monoisotopic (exact) mass is 293 g/mol. The maximum atomic E-state index is 12.4. The van der Waals surface area contributed by atoms with E-state index in [1.54, 1.807) is 7.11 Å². The number of phenolic OH excluding ortho intramolecular Hbond substituents is 2. The highest BCUT2D eigenvalue weighted by Gasteiger charge is 2.32. The zero-order valence-corrected chi connectivity index (χ0v) is 12.6. The Kier molecular flexibility index (Phi) is 5.20. The van der Waals surface area contributed by atoms with Gasteiger partial charge in [0.1, 0.15) is 0 Å². The Morgan fingerprint density at radius 3 is 2.67 bits per heavy atom. The highest BCUT2D eigenvalue weighted by molar-refractivity contribution is 5.98. The smallest absolute Gasteiger partial charge is 0.176 e. The van der Waals surface area contributed by atoms with Crippen LogP contribution in [0, 0.1) is 5.92 Å². The first-order valence-electron chi connectivity index (χ1n) is 7.31. The van der Waals surface area contributed by atoms with E-state index in [0.29, 0.717) is 37.2 Å². The number of hydrogen-bond donors (Lipinski definition) is 2. The number of carbonyl (C=O) groups excluding carboxylic acids is 1. The van der Waals surface area contributed by atoms with E-state index in [1.165, 1.54) is 31.0 Å². The second-order valence-electron chi connectivity index (χ2n) is 5.67. The molecule has 0 radical (unpaired) electrons. The van der Waals surface area contributed by atoms with Gasteiger partial charge in [0.05, 0.1) is 13.2 Å². The minimum atomic E-state index is -0.264. The normalized spacial score (nSPS) is 16.1. The summed E-state index contributed by atoms with van der Waals surface area (Å²) in [4.78, 5) is 14.5. The van der Waals surface area contributed by atoms with Crippen molar-refractivity contribution in [2.45, 2.75) is 25.8 Å². The van der Waals surface area contributed by atoms with Crippen LogP contribution in [0.5, 0.6) is 11.5 Å². The van der Waals surface area contributed by atoms with Crippen LogP contribution in [-0.2, 0) is 4.74 Å². The van der Waals surface area contributed by atoms with Crippen LogP contribution in [0.4, 0.5) is 0 Å². The van der Waals surface area contributed by atoms with Crippen molar-refractivity contribution in [3.8, 4) is 11.5 Å². The molecular formula is C16H23NO4. The molecule has 1 saturated carbocycles. The number of benzene rings is 1. The average molecular weight is 293 g/mol. The number of ketones is 1. The zero-order valence-electron chi connectivity index (χ0n) is 12.6. The molecule has 0 amide bonds. The van der Waals surface area contributed by atoms with Crippen LogP contribution in [0.25, 0.3) is 0 Å². The standard InChI is InChI=1S/C16H23NO4/c1-11(12-3-4-12)17(7-8-21-2)10-16(20)13-5-6-14(18)15(19)9-13/h5-6,9,11-12,18-19H,3-4,7-8,10H2,1-2H3. The van der Waals surface area contributed by atoms with Crippen molar-refractivity contribution < 1.29 is 19.7 Å². The Labute approximate surface area is 125 Å². The van der Waals surface area contributed by atoms with Crippen molar-refractivity contribution in [3.63, 3.8) is 0 Å². The lowest BCUT2D eigenvalue weighted by Crippen LogP contribution is -2.40. The number of nitrogens with zero attached hydrogens (tertiary/aromatic N) is 1. The first-order valence-corrected chi connectivity index (χ1v) is 7.31. The van der Waals surface area contributed by atoms with Crippen LogP contribution in [0.1, 0.15) is 30.1 Å². The number of aromatic hydroxyl groups is 2. The molecule has 116 valence electrons. The Morgan fingerprint density at radius 1 is 1.38 bits per heavy atom. The van der Waals surface area contributed by atoms with Crippen molar-refractivity contribution in [3.05, 3.63) is 23.8 Å². The minimum Gasteiger partial charge on any atom is -0.504 e. The summed E-state index contributed by atoms with van der Waals surface area (Å²) in [5.74, 6) is 0.130. The molecule has 0 spiro atoms. The van der Waals surface area contributed by atoms with Gasteiger partial charge in [0.15, 0.2) is 17.3 Å². The van der Waals surface area contributed by atoms with E-state index in [0.717, 1.165) is 0 Å². The Bertz CT molecular complexity index is 499. The van der Waals surface area contributed by atoms with Gasteiger partial charge >= 0.3 is 0 Å². The molecule has 1 aromatic carbocycles. The van der Waals surface area contributed by atoms with E-state index < -0.39 is 0 Å². The fraction of sp³-hybridized carbons (Fsp3) is 0.562. The number of ether oxygens (including phenoxy) is 1. The molecule has 5 heteroatoms. The summed E-state index contributed by atoms with van der Waals surface area (Å²) in [5.41, 5.74) is 0.413. The van der Waals surface area contributed by atoms with Crippen molar-refractivity contribution in [2.75, 3.05) is 26.8 Å². The van der Waals surface area contributed by atoms with Crippen molar-refractivity contribution >= 4 is 5.78 Å². The fourth-order valence-corrected chi connectivity index (χ4v) is 2.48. The van der Waals surface area contributed by atoms with Gasteiger partial charge in [-0.3, -0.25) is 9.69 Å². The molecule has 0 aliphatic heterocycles. The first-order chi connectivity index (χ1) is 10.0. The molecule has 1 atom stereocenters. The Morgan fingerprint density at radius 2 is 2.10 bits per heavy atom. The van der Waals surface area contributed by atoms with E-state index in [2.05, 4.69) is 11.8 Å². The van der Waals surface area contributed by atoms with Gasteiger partial charge in [-0.05, 0) is 43.9 Å². The van der Waals surface area contributed by atoms with Gasteiger partial charge in [0.25, 0.3) is 0 Å². The molecule has 1 aromatic rings. The summed E-state index contributed by atoms with van der Waals surface area (Å²) >= 11 is 0.